The van der Waals surface area contributed by atoms with Gasteiger partial charge in [-0.2, -0.15) is 5.10 Å². The molecule has 17 heavy (non-hydrogen) atoms. The van der Waals surface area contributed by atoms with Crippen molar-refractivity contribution in [1.29, 1.82) is 0 Å². The fourth-order valence-electron chi connectivity index (χ4n) is 1.70. The lowest BCUT2D eigenvalue weighted by molar-refractivity contribution is 0.512. The van der Waals surface area contributed by atoms with Crippen molar-refractivity contribution in [2.75, 3.05) is 0 Å². The van der Waals surface area contributed by atoms with E-state index >= 15 is 0 Å². The van der Waals surface area contributed by atoms with Crippen LogP contribution in [0.2, 0.25) is 0 Å². The first-order valence-corrected chi connectivity index (χ1v) is 6.58. The average molecular weight is 250 g/mol. The molecule has 0 saturated heterocycles. The van der Waals surface area contributed by atoms with Gasteiger partial charge >= 0.3 is 0 Å². The van der Waals surface area contributed by atoms with Gasteiger partial charge in [-0.05, 0) is 12.8 Å². The van der Waals surface area contributed by atoms with Crippen LogP contribution in [0.15, 0.2) is 11.6 Å². The standard InChI is InChI=1S/C12H18N4S/c1-7(2)11(13)12-14-10(6-17-12)9-5-16(4)15-8(9)3/h5-7,11H,13H2,1-4H3. The molecule has 2 heterocycles. The Kier molecular flexibility index (Phi) is 3.31. The van der Waals surface area contributed by atoms with Gasteiger partial charge in [0.25, 0.3) is 0 Å². The second-order valence-corrected chi connectivity index (χ2v) is 5.53. The van der Waals surface area contributed by atoms with Crippen molar-refractivity contribution in [2.24, 2.45) is 18.7 Å². The lowest BCUT2D eigenvalue weighted by Crippen LogP contribution is -2.16. The fraction of sp³-hybridized carbons (Fsp3) is 0.500. The Labute approximate surface area is 105 Å². The van der Waals surface area contributed by atoms with E-state index in [-0.39, 0.29) is 6.04 Å². The van der Waals surface area contributed by atoms with E-state index in [0.29, 0.717) is 5.92 Å². The molecular weight excluding hydrogens is 232 g/mol. The SMILES string of the molecule is Cc1nn(C)cc1-c1csc(C(N)C(C)C)n1. The quantitative estimate of drug-likeness (QED) is 0.910. The van der Waals surface area contributed by atoms with Gasteiger partial charge in [-0.3, -0.25) is 4.68 Å². The van der Waals surface area contributed by atoms with Crippen molar-refractivity contribution in [3.05, 3.63) is 22.3 Å². The van der Waals surface area contributed by atoms with Gasteiger partial charge in [0.1, 0.15) is 5.01 Å². The van der Waals surface area contributed by atoms with Crippen molar-refractivity contribution < 1.29 is 0 Å². The highest BCUT2D eigenvalue weighted by Crippen LogP contribution is 2.28. The highest BCUT2D eigenvalue weighted by molar-refractivity contribution is 7.10. The first-order chi connectivity index (χ1) is 7.99. The maximum Gasteiger partial charge on any atom is 0.110 e. The minimum Gasteiger partial charge on any atom is -0.322 e. The largest absolute Gasteiger partial charge is 0.322 e. The second-order valence-electron chi connectivity index (χ2n) is 4.64. The van der Waals surface area contributed by atoms with Crippen LogP contribution in [0.3, 0.4) is 0 Å². The first-order valence-electron chi connectivity index (χ1n) is 5.70. The Morgan fingerprint density at radius 3 is 2.65 bits per heavy atom. The summed E-state index contributed by atoms with van der Waals surface area (Å²) in [4.78, 5) is 4.62. The molecule has 0 fully saturated rings. The summed E-state index contributed by atoms with van der Waals surface area (Å²) in [6, 6.07) is 0.0192. The molecular formula is C12H18N4S. The van der Waals surface area contributed by atoms with Crippen LogP contribution >= 0.6 is 11.3 Å². The maximum absolute atomic E-state index is 6.10. The number of rotatable bonds is 3. The van der Waals surface area contributed by atoms with E-state index in [4.69, 9.17) is 5.73 Å². The predicted octanol–water partition coefficient (Wildman–Crippen LogP) is 2.51. The molecule has 5 heteroatoms. The number of aryl methyl sites for hydroxylation is 2. The summed E-state index contributed by atoms with van der Waals surface area (Å²) in [7, 11) is 1.92. The molecule has 0 aromatic carbocycles. The summed E-state index contributed by atoms with van der Waals surface area (Å²) in [5.74, 6) is 0.406. The summed E-state index contributed by atoms with van der Waals surface area (Å²) >= 11 is 1.63. The Morgan fingerprint density at radius 2 is 2.12 bits per heavy atom. The second kappa shape index (κ2) is 4.58. The normalized spacial score (nSPS) is 13.3. The molecule has 1 atom stereocenters. The highest BCUT2D eigenvalue weighted by Gasteiger charge is 2.16. The Balaban J connectivity index is 2.33. The third kappa shape index (κ3) is 2.40. The van der Waals surface area contributed by atoms with Gasteiger partial charge in [0.15, 0.2) is 0 Å². The molecule has 92 valence electrons. The molecule has 0 aliphatic carbocycles. The summed E-state index contributed by atoms with van der Waals surface area (Å²) in [6.07, 6.45) is 2.00. The molecule has 0 bridgehead atoms. The van der Waals surface area contributed by atoms with Crippen molar-refractivity contribution in [3.63, 3.8) is 0 Å². The zero-order valence-corrected chi connectivity index (χ0v) is 11.5. The topological polar surface area (TPSA) is 56.7 Å². The van der Waals surface area contributed by atoms with E-state index in [1.807, 2.05) is 24.9 Å². The number of hydrogen-bond acceptors (Lipinski definition) is 4. The molecule has 0 aliphatic heterocycles. The molecule has 4 nitrogen and oxygen atoms in total. The van der Waals surface area contributed by atoms with Crippen LogP contribution in [-0.2, 0) is 7.05 Å². The van der Waals surface area contributed by atoms with Crippen molar-refractivity contribution in [1.82, 2.24) is 14.8 Å². The zero-order chi connectivity index (χ0) is 12.6. The smallest absolute Gasteiger partial charge is 0.110 e. The van der Waals surface area contributed by atoms with E-state index in [1.165, 1.54) is 0 Å². The number of hydrogen-bond donors (Lipinski definition) is 1. The lowest BCUT2D eigenvalue weighted by atomic mass is 10.1. The number of nitrogens with zero attached hydrogens (tertiary/aromatic N) is 3. The molecule has 2 N–H and O–H groups in total. The van der Waals surface area contributed by atoms with Crippen LogP contribution in [0.1, 0.15) is 30.6 Å². The predicted molar refractivity (Wildman–Crippen MR) is 70.8 cm³/mol. The zero-order valence-electron chi connectivity index (χ0n) is 10.6. The lowest BCUT2D eigenvalue weighted by Gasteiger charge is -2.11. The van der Waals surface area contributed by atoms with E-state index in [9.17, 15) is 0 Å². The molecule has 2 rings (SSSR count). The van der Waals surface area contributed by atoms with Crippen molar-refractivity contribution in [2.45, 2.75) is 26.8 Å². The summed E-state index contributed by atoms with van der Waals surface area (Å²) in [5.41, 5.74) is 9.17. The summed E-state index contributed by atoms with van der Waals surface area (Å²) in [5, 5.41) is 7.38. The number of thiazole rings is 1. The number of nitrogens with two attached hydrogens (primary N) is 1. The Bertz CT molecular complexity index is 512. The summed E-state index contributed by atoms with van der Waals surface area (Å²) in [6.45, 7) is 6.22. The van der Waals surface area contributed by atoms with Crippen LogP contribution in [0.4, 0.5) is 0 Å². The van der Waals surface area contributed by atoms with Crippen molar-refractivity contribution >= 4 is 11.3 Å². The summed E-state index contributed by atoms with van der Waals surface area (Å²) < 4.78 is 1.81. The Morgan fingerprint density at radius 1 is 1.41 bits per heavy atom. The first kappa shape index (κ1) is 12.3. The molecule has 2 aromatic rings. The third-order valence-corrected chi connectivity index (χ3v) is 3.76. The van der Waals surface area contributed by atoms with Gasteiger partial charge in [0, 0.05) is 24.2 Å². The van der Waals surface area contributed by atoms with Crippen LogP contribution in [0.25, 0.3) is 11.3 Å². The van der Waals surface area contributed by atoms with Crippen LogP contribution in [-0.4, -0.2) is 14.8 Å². The van der Waals surface area contributed by atoms with Gasteiger partial charge in [0.05, 0.1) is 17.4 Å². The van der Waals surface area contributed by atoms with E-state index in [0.717, 1.165) is 22.0 Å². The minimum absolute atomic E-state index is 0.0192. The van der Waals surface area contributed by atoms with Crippen LogP contribution in [0, 0.1) is 12.8 Å². The third-order valence-electron chi connectivity index (χ3n) is 2.81. The van der Waals surface area contributed by atoms with Gasteiger partial charge < -0.3 is 5.73 Å². The van der Waals surface area contributed by atoms with E-state index < -0.39 is 0 Å². The monoisotopic (exact) mass is 250 g/mol. The average Bonchev–Trinajstić information content (AvgIpc) is 2.83. The number of aromatic nitrogens is 3. The minimum atomic E-state index is 0.0192. The van der Waals surface area contributed by atoms with E-state index in [1.54, 1.807) is 11.3 Å². The van der Waals surface area contributed by atoms with Crippen LogP contribution in [0.5, 0.6) is 0 Å². The fourth-order valence-corrected chi connectivity index (χ4v) is 2.69. The van der Waals surface area contributed by atoms with E-state index in [2.05, 4.69) is 29.3 Å². The van der Waals surface area contributed by atoms with Gasteiger partial charge in [0.2, 0.25) is 0 Å². The van der Waals surface area contributed by atoms with Crippen molar-refractivity contribution in [3.8, 4) is 11.3 Å². The maximum atomic E-state index is 6.10. The molecule has 0 spiro atoms. The molecule has 0 saturated carbocycles. The molecule has 0 amide bonds. The molecule has 0 aliphatic rings. The van der Waals surface area contributed by atoms with Gasteiger partial charge in [-0.25, -0.2) is 4.98 Å². The van der Waals surface area contributed by atoms with Gasteiger partial charge in [-0.15, -0.1) is 11.3 Å². The van der Waals surface area contributed by atoms with Crippen LogP contribution < -0.4 is 5.73 Å². The molecule has 2 aromatic heterocycles. The molecule has 0 radical (unpaired) electrons. The Hall–Kier alpha value is -1.20. The van der Waals surface area contributed by atoms with Gasteiger partial charge in [-0.1, -0.05) is 13.8 Å². The molecule has 1 unspecified atom stereocenters. The highest BCUT2D eigenvalue weighted by atomic mass is 32.1.